The van der Waals surface area contributed by atoms with Crippen molar-refractivity contribution >= 4 is 5.91 Å². The number of hydrogen-bond acceptors (Lipinski definition) is 3. The maximum atomic E-state index is 11.8. The second-order valence-corrected chi connectivity index (χ2v) is 3.85. The van der Waals surface area contributed by atoms with Gasteiger partial charge in [-0.05, 0) is 19.0 Å². The van der Waals surface area contributed by atoms with Crippen LogP contribution in [0.4, 0.5) is 0 Å². The molecule has 0 unspecified atom stereocenters. The summed E-state index contributed by atoms with van der Waals surface area (Å²) in [5.74, 6) is 0.728. The molecule has 4 nitrogen and oxygen atoms in total. The summed E-state index contributed by atoms with van der Waals surface area (Å²) in [4.78, 5) is 13.6. The van der Waals surface area contributed by atoms with Crippen molar-refractivity contribution in [3.8, 4) is 0 Å². The lowest BCUT2D eigenvalue weighted by Gasteiger charge is -2.29. The number of carbonyl (C=O) groups is 1. The van der Waals surface area contributed by atoms with Gasteiger partial charge in [-0.1, -0.05) is 6.08 Å². The highest BCUT2D eigenvalue weighted by molar-refractivity contribution is 5.76. The number of ether oxygens (including phenoxy) is 1. The Morgan fingerprint density at radius 2 is 2.40 bits per heavy atom. The molecule has 0 atom stereocenters. The van der Waals surface area contributed by atoms with Crippen molar-refractivity contribution in [3.63, 3.8) is 0 Å². The average molecular weight is 212 g/mol. The third kappa shape index (κ3) is 4.01. The third-order valence-electron chi connectivity index (χ3n) is 2.60. The number of carbonyl (C=O) groups excluding carboxylic acids is 1. The topological polar surface area (TPSA) is 41.6 Å². The van der Waals surface area contributed by atoms with E-state index in [1.54, 1.807) is 18.1 Å². The number of amides is 1. The van der Waals surface area contributed by atoms with E-state index in [0.29, 0.717) is 32.0 Å². The highest BCUT2D eigenvalue weighted by Gasteiger charge is 2.22. The molecule has 0 spiro atoms. The van der Waals surface area contributed by atoms with Crippen LogP contribution in [-0.4, -0.2) is 50.7 Å². The Hall–Kier alpha value is -0.870. The Morgan fingerprint density at radius 3 is 2.87 bits per heavy atom. The first-order valence-electron chi connectivity index (χ1n) is 5.36. The van der Waals surface area contributed by atoms with E-state index in [9.17, 15) is 4.79 Å². The maximum Gasteiger partial charge on any atom is 0.223 e. The van der Waals surface area contributed by atoms with Gasteiger partial charge < -0.3 is 15.0 Å². The summed E-state index contributed by atoms with van der Waals surface area (Å²) in [5.41, 5.74) is 0. The highest BCUT2D eigenvalue weighted by atomic mass is 16.5. The quantitative estimate of drug-likeness (QED) is 0.615. The predicted octanol–water partition coefficient (Wildman–Crippen LogP) is 0.257. The molecule has 0 aliphatic carbocycles. The summed E-state index contributed by atoms with van der Waals surface area (Å²) in [5, 5.41) is 3.17. The van der Waals surface area contributed by atoms with E-state index in [4.69, 9.17) is 4.74 Å². The summed E-state index contributed by atoms with van der Waals surface area (Å²) in [7, 11) is 1.65. The van der Waals surface area contributed by atoms with Crippen LogP contribution in [0, 0.1) is 5.92 Å². The van der Waals surface area contributed by atoms with Gasteiger partial charge >= 0.3 is 0 Å². The predicted molar refractivity (Wildman–Crippen MR) is 59.6 cm³/mol. The molecule has 1 aliphatic rings. The van der Waals surface area contributed by atoms with Gasteiger partial charge in [-0.3, -0.25) is 4.79 Å². The van der Waals surface area contributed by atoms with E-state index in [-0.39, 0.29) is 5.91 Å². The van der Waals surface area contributed by atoms with Crippen molar-refractivity contribution in [2.45, 2.75) is 6.42 Å². The lowest BCUT2D eigenvalue weighted by Crippen LogP contribution is -2.45. The minimum atomic E-state index is 0.207. The van der Waals surface area contributed by atoms with Crippen molar-refractivity contribution in [1.29, 1.82) is 0 Å². The number of hydrogen-bond donors (Lipinski definition) is 1. The van der Waals surface area contributed by atoms with E-state index >= 15 is 0 Å². The van der Waals surface area contributed by atoms with Crippen LogP contribution in [-0.2, 0) is 9.53 Å². The molecule has 1 rings (SSSR count). The zero-order valence-corrected chi connectivity index (χ0v) is 9.37. The first-order chi connectivity index (χ1) is 7.27. The van der Waals surface area contributed by atoms with E-state index in [1.165, 1.54) is 0 Å². The second kappa shape index (κ2) is 6.58. The highest BCUT2D eigenvalue weighted by Crippen LogP contribution is 2.10. The summed E-state index contributed by atoms with van der Waals surface area (Å²) in [6.07, 6.45) is 2.40. The number of methoxy groups -OCH3 is 1. The lowest BCUT2D eigenvalue weighted by molar-refractivity contribution is -0.132. The second-order valence-electron chi connectivity index (χ2n) is 3.85. The van der Waals surface area contributed by atoms with Crippen LogP contribution < -0.4 is 5.32 Å². The smallest absolute Gasteiger partial charge is 0.223 e. The van der Waals surface area contributed by atoms with Gasteiger partial charge in [-0.15, -0.1) is 6.58 Å². The minimum absolute atomic E-state index is 0.207. The summed E-state index contributed by atoms with van der Waals surface area (Å²) < 4.78 is 4.97. The SMILES string of the molecule is C=CCN(CCOC)C(=O)CC1CNC1. The zero-order valence-electron chi connectivity index (χ0n) is 9.37. The molecule has 0 aromatic rings. The van der Waals surface area contributed by atoms with Crippen LogP contribution >= 0.6 is 0 Å². The monoisotopic (exact) mass is 212 g/mol. The van der Waals surface area contributed by atoms with Crippen LogP contribution in [0.2, 0.25) is 0 Å². The largest absolute Gasteiger partial charge is 0.383 e. The van der Waals surface area contributed by atoms with Gasteiger partial charge in [0.1, 0.15) is 0 Å². The van der Waals surface area contributed by atoms with Gasteiger partial charge in [0.25, 0.3) is 0 Å². The van der Waals surface area contributed by atoms with Gasteiger partial charge in [-0.2, -0.15) is 0 Å². The molecule has 0 aromatic heterocycles. The van der Waals surface area contributed by atoms with Crippen LogP contribution in [0.1, 0.15) is 6.42 Å². The van der Waals surface area contributed by atoms with E-state index in [0.717, 1.165) is 13.1 Å². The Morgan fingerprint density at radius 1 is 1.67 bits per heavy atom. The number of nitrogens with one attached hydrogen (secondary N) is 1. The molecule has 86 valence electrons. The van der Waals surface area contributed by atoms with Crippen molar-refractivity contribution in [2.24, 2.45) is 5.92 Å². The van der Waals surface area contributed by atoms with E-state index in [1.807, 2.05) is 0 Å². The summed E-state index contributed by atoms with van der Waals surface area (Å²) in [6.45, 7) is 7.45. The van der Waals surface area contributed by atoms with Crippen molar-refractivity contribution in [1.82, 2.24) is 10.2 Å². The fraction of sp³-hybridized carbons (Fsp3) is 0.727. The molecule has 1 amide bonds. The van der Waals surface area contributed by atoms with Crippen molar-refractivity contribution < 1.29 is 9.53 Å². The van der Waals surface area contributed by atoms with Gasteiger partial charge in [0.2, 0.25) is 5.91 Å². The molecule has 0 bridgehead atoms. The van der Waals surface area contributed by atoms with Gasteiger partial charge in [-0.25, -0.2) is 0 Å². The van der Waals surface area contributed by atoms with Crippen LogP contribution in [0.3, 0.4) is 0 Å². The average Bonchev–Trinajstić information content (AvgIpc) is 2.18. The molecule has 1 aliphatic heterocycles. The first kappa shape index (κ1) is 12.2. The zero-order chi connectivity index (χ0) is 11.1. The van der Waals surface area contributed by atoms with Gasteiger partial charge in [0, 0.05) is 26.6 Å². The summed E-state index contributed by atoms with van der Waals surface area (Å²) >= 11 is 0. The lowest BCUT2D eigenvalue weighted by atomic mass is 9.99. The fourth-order valence-corrected chi connectivity index (χ4v) is 1.54. The number of nitrogens with zero attached hydrogens (tertiary/aromatic N) is 1. The standard InChI is InChI=1S/C11H20N2O2/c1-3-4-13(5-6-15-2)11(14)7-10-8-12-9-10/h3,10,12H,1,4-9H2,2H3. The van der Waals surface area contributed by atoms with Gasteiger partial charge in [0.05, 0.1) is 6.61 Å². The fourth-order valence-electron chi connectivity index (χ4n) is 1.54. The maximum absolute atomic E-state index is 11.8. The molecule has 0 saturated carbocycles. The van der Waals surface area contributed by atoms with Crippen LogP contribution in [0.5, 0.6) is 0 Å². The molecule has 1 heterocycles. The molecule has 1 fully saturated rings. The van der Waals surface area contributed by atoms with E-state index in [2.05, 4.69) is 11.9 Å². The Labute approximate surface area is 91.3 Å². The van der Waals surface area contributed by atoms with E-state index < -0.39 is 0 Å². The molecule has 15 heavy (non-hydrogen) atoms. The Kier molecular flexibility index (Phi) is 5.36. The molecule has 0 aromatic carbocycles. The molecular formula is C11H20N2O2. The minimum Gasteiger partial charge on any atom is -0.383 e. The van der Waals surface area contributed by atoms with Crippen LogP contribution in [0.25, 0.3) is 0 Å². The van der Waals surface area contributed by atoms with Crippen LogP contribution in [0.15, 0.2) is 12.7 Å². The molecule has 0 radical (unpaired) electrons. The molecular weight excluding hydrogens is 192 g/mol. The third-order valence-corrected chi connectivity index (χ3v) is 2.60. The Bertz CT molecular complexity index is 215. The van der Waals surface area contributed by atoms with Gasteiger partial charge in [0.15, 0.2) is 0 Å². The molecule has 1 N–H and O–H groups in total. The first-order valence-corrected chi connectivity index (χ1v) is 5.36. The normalized spacial score (nSPS) is 15.8. The Balaban J connectivity index is 2.31. The number of rotatable bonds is 7. The van der Waals surface area contributed by atoms with Crippen molar-refractivity contribution in [3.05, 3.63) is 12.7 Å². The molecule has 4 heteroatoms. The molecule has 1 saturated heterocycles. The van der Waals surface area contributed by atoms with Crippen molar-refractivity contribution in [2.75, 3.05) is 39.9 Å². The summed E-state index contributed by atoms with van der Waals surface area (Å²) in [6, 6.07) is 0.